The Bertz CT molecular complexity index is 165. The molecule has 1 N–H and O–H groups in total. The van der Waals surface area contributed by atoms with Crippen LogP contribution in [0.4, 0.5) is 0 Å². The summed E-state index contributed by atoms with van der Waals surface area (Å²) < 4.78 is 7.66. The van der Waals surface area contributed by atoms with Gasteiger partial charge in [0.1, 0.15) is 0 Å². The van der Waals surface area contributed by atoms with Crippen LogP contribution < -0.4 is 5.32 Å². The number of hydrogen-bond donors (Lipinski definition) is 1. The van der Waals surface area contributed by atoms with E-state index in [1.807, 2.05) is 0 Å². The molecule has 0 saturated carbocycles. The van der Waals surface area contributed by atoms with Crippen LogP contribution in [0.25, 0.3) is 0 Å². The van der Waals surface area contributed by atoms with Gasteiger partial charge in [0, 0.05) is 0 Å². The van der Waals surface area contributed by atoms with Gasteiger partial charge in [-0.1, -0.05) is 0 Å². The molecule has 0 heterocycles. The van der Waals surface area contributed by atoms with Crippen molar-refractivity contribution in [3.63, 3.8) is 0 Å². The summed E-state index contributed by atoms with van der Waals surface area (Å²) in [6, 6.07) is 0. The molecule has 0 unspecified atom stereocenters. The Labute approximate surface area is 101 Å². The second-order valence-corrected chi connectivity index (χ2v) is 11.2. The molecule has 0 spiro atoms. The molecule has 0 aromatic heterocycles. The number of rotatable bonds is 9. The molecule has 90 valence electrons. The first kappa shape index (κ1) is 15.2. The van der Waals surface area contributed by atoms with Crippen LogP contribution in [0, 0.1) is 0 Å². The zero-order chi connectivity index (χ0) is 11.5. The first-order valence-electron chi connectivity index (χ1n) is 5.64. The number of hydrogen-bond acceptors (Lipinski definition) is 2. The molecule has 15 heavy (non-hydrogen) atoms. The van der Waals surface area contributed by atoms with Crippen molar-refractivity contribution in [3.05, 3.63) is 0 Å². The van der Waals surface area contributed by atoms with Crippen molar-refractivity contribution in [2.45, 2.75) is 39.8 Å². The molecule has 1 amide bonds. The van der Waals surface area contributed by atoms with Crippen LogP contribution in [-0.4, -0.2) is 46.4 Å². The number of methoxy groups -OCH3 is 1. The average Bonchev–Trinajstić information content (AvgIpc) is 2.18. The van der Waals surface area contributed by atoms with Crippen LogP contribution in [0.1, 0.15) is 26.2 Å². The first-order chi connectivity index (χ1) is 7.20. The molecule has 0 aliphatic carbocycles. The van der Waals surface area contributed by atoms with E-state index in [1.165, 1.54) is 15.2 Å². The average molecular weight is 324 g/mol. The van der Waals surface area contributed by atoms with E-state index in [9.17, 15) is 4.79 Å². The van der Waals surface area contributed by atoms with Crippen molar-refractivity contribution in [3.8, 4) is 0 Å². The molecule has 0 aliphatic rings. The van der Waals surface area contributed by atoms with Crippen molar-refractivity contribution in [1.29, 1.82) is 0 Å². The van der Waals surface area contributed by atoms with Crippen LogP contribution >= 0.6 is 0 Å². The molecular formula is C11H24NO2Sb. The summed E-state index contributed by atoms with van der Waals surface area (Å²) in [5, 5.41) is 2.85. The van der Waals surface area contributed by atoms with E-state index in [4.69, 9.17) is 4.74 Å². The summed E-state index contributed by atoms with van der Waals surface area (Å²) in [5.74, 6) is 0.178. The SMILES string of the molecule is CC[CH2][Sb]([CH3])[CH2]CCC(=O)NCCOC. The molecule has 3 nitrogen and oxygen atoms in total. The number of nitrogens with one attached hydrogen (secondary N) is 1. The van der Waals surface area contributed by atoms with Gasteiger partial charge in [-0.3, -0.25) is 0 Å². The maximum absolute atomic E-state index is 11.3. The van der Waals surface area contributed by atoms with Crippen molar-refractivity contribution >= 4 is 26.1 Å². The van der Waals surface area contributed by atoms with Gasteiger partial charge in [0.25, 0.3) is 0 Å². The Morgan fingerprint density at radius 1 is 1.40 bits per heavy atom. The van der Waals surface area contributed by atoms with Crippen molar-refractivity contribution in [1.82, 2.24) is 5.32 Å². The van der Waals surface area contributed by atoms with Gasteiger partial charge >= 0.3 is 101 Å². The molecule has 0 atom stereocenters. The van der Waals surface area contributed by atoms with Gasteiger partial charge in [0.2, 0.25) is 0 Å². The molecular weight excluding hydrogens is 300 g/mol. The van der Waals surface area contributed by atoms with E-state index < -0.39 is 20.2 Å². The van der Waals surface area contributed by atoms with Gasteiger partial charge in [-0.2, -0.15) is 0 Å². The second-order valence-electron chi connectivity index (χ2n) is 3.75. The Hall–Kier alpha value is 0.248. The second kappa shape index (κ2) is 10.8. The molecule has 4 heteroatoms. The van der Waals surface area contributed by atoms with Crippen LogP contribution in [-0.2, 0) is 9.53 Å². The van der Waals surface area contributed by atoms with Crippen molar-refractivity contribution < 1.29 is 9.53 Å². The molecule has 0 radical (unpaired) electrons. The molecule has 0 fully saturated rings. The summed E-state index contributed by atoms with van der Waals surface area (Å²) in [5.41, 5.74) is 0. The normalized spacial score (nSPS) is 10.7. The predicted octanol–water partition coefficient (Wildman–Crippen LogP) is 2.06. The fourth-order valence-electron chi connectivity index (χ4n) is 1.38. The van der Waals surface area contributed by atoms with Gasteiger partial charge in [-0.05, 0) is 0 Å². The minimum atomic E-state index is -0.899. The summed E-state index contributed by atoms with van der Waals surface area (Å²) in [7, 11) is 1.64. The predicted molar refractivity (Wildman–Crippen MR) is 65.6 cm³/mol. The Kier molecular flexibility index (Phi) is 10.9. The number of carbonyl (C=O) groups is 1. The molecule has 0 aromatic rings. The van der Waals surface area contributed by atoms with Gasteiger partial charge < -0.3 is 0 Å². The van der Waals surface area contributed by atoms with Crippen LogP contribution in [0.2, 0.25) is 13.6 Å². The summed E-state index contributed by atoms with van der Waals surface area (Å²) in [6.07, 6.45) is 3.10. The van der Waals surface area contributed by atoms with Crippen LogP contribution in [0.15, 0.2) is 0 Å². The van der Waals surface area contributed by atoms with E-state index >= 15 is 0 Å². The first-order valence-corrected chi connectivity index (χ1v) is 11.8. The Morgan fingerprint density at radius 2 is 2.13 bits per heavy atom. The van der Waals surface area contributed by atoms with Crippen molar-refractivity contribution in [2.24, 2.45) is 0 Å². The van der Waals surface area contributed by atoms with E-state index in [0.29, 0.717) is 19.6 Å². The third-order valence-electron chi connectivity index (χ3n) is 2.18. The zero-order valence-electron chi connectivity index (χ0n) is 10.2. The standard InChI is InChI=1S/C7H14NO2.C3H7.CH3.Sb/c1-3-4-7(9)8-5-6-10-2;1-3-2;;/h1,3-6H2,2H3,(H,8,9);1,3H2,2H3;1H3;. The van der Waals surface area contributed by atoms with E-state index in [0.717, 1.165) is 6.42 Å². The van der Waals surface area contributed by atoms with E-state index in [-0.39, 0.29) is 5.91 Å². The summed E-state index contributed by atoms with van der Waals surface area (Å²) >= 11 is -0.899. The summed E-state index contributed by atoms with van der Waals surface area (Å²) in [6.45, 7) is 3.49. The zero-order valence-corrected chi connectivity index (χ0v) is 12.8. The maximum atomic E-state index is 11.3. The number of carbonyl (C=O) groups excluding carboxylic acids is 1. The number of ether oxygens (including phenoxy) is 1. The van der Waals surface area contributed by atoms with Crippen LogP contribution in [0.3, 0.4) is 0 Å². The van der Waals surface area contributed by atoms with Crippen molar-refractivity contribution in [2.75, 3.05) is 20.3 Å². The fourth-order valence-corrected chi connectivity index (χ4v) is 6.19. The van der Waals surface area contributed by atoms with Crippen LogP contribution in [0.5, 0.6) is 0 Å². The van der Waals surface area contributed by atoms with Gasteiger partial charge in [0.15, 0.2) is 0 Å². The monoisotopic (exact) mass is 323 g/mol. The molecule has 0 aliphatic heterocycles. The Morgan fingerprint density at radius 3 is 2.73 bits per heavy atom. The van der Waals surface area contributed by atoms with Gasteiger partial charge in [-0.15, -0.1) is 0 Å². The molecule has 0 saturated heterocycles. The van der Waals surface area contributed by atoms with E-state index in [1.54, 1.807) is 7.11 Å². The number of amides is 1. The third-order valence-corrected chi connectivity index (χ3v) is 8.71. The molecule has 0 bridgehead atoms. The molecule has 0 aromatic carbocycles. The van der Waals surface area contributed by atoms with Gasteiger partial charge in [-0.25, -0.2) is 0 Å². The van der Waals surface area contributed by atoms with E-state index in [2.05, 4.69) is 17.1 Å². The Balaban J connectivity index is 3.30. The summed E-state index contributed by atoms with van der Waals surface area (Å²) in [4.78, 5) is 13.8. The van der Waals surface area contributed by atoms with Gasteiger partial charge in [0.05, 0.1) is 0 Å². The fraction of sp³-hybridized carbons (Fsp3) is 0.909. The minimum absolute atomic E-state index is 0.178. The quantitative estimate of drug-likeness (QED) is 0.521. The third kappa shape index (κ3) is 10.5. The topological polar surface area (TPSA) is 38.3 Å². The molecule has 0 rings (SSSR count).